The number of rotatable bonds is 9. The Hall–Kier alpha value is -2.74. The minimum Gasteiger partial charge on any atom is -0.324 e. The summed E-state index contributed by atoms with van der Waals surface area (Å²) in [7, 11) is -3.95. The highest BCUT2D eigenvalue weighted by atomic mass is 35.5. The van der Waals surface area contributed by atoms with Gasteiger partial charge in [-0.2, -0.15) is 4.31 Å². The van der Waals surface area contributed by atoms with Gasteiger partial charge in [0.25, 0.3) is 0 Å². The summed E-state index contributed by atoms with van der Waals surface area (Å²) in [6.45, 7) is 3.73. The van der Waals surface area contributed by atoms with Crippen molar-refractivity contribution in [3.05, 3.63) is 88.7 Å². The van der Waals surface area contributed by atoms with Gasteiger partial charge < -0.3 is 5.32 Å². The number of aromatic nitrogens is 1. The van der Waals surface area contributed by atoms with Crippen LogP contribution in [0.4, 0.5) is 5.69 Å². The van der Waals surface area contributed by atoms with Crippen molar-refractivity contribution in [3.8, 4) is 0 Å². The fourth-order valence-electron chi connectivity index (χ4n) is 3.41. The van der Waals surface area contributed by atoms with Gasteiger partial charge in [-0.3, -0.25) is 9.78 Å². The number of hydrogen-bond acceptors (Lipinski definition) is 4. The van der Waals surface area contributed by atoms with Gasteiger partial charge in [-0.25, -0.2) is 8.42 Å². The molecule has 8 heteroatoms. The number of benzene rings is 2. The van der Waals surface area contributed by atoms with Crippen LogP contribution in [0.25, 0.3) is 0 Å². The van der Waals surface area contributed by atoms with Crippen LogP contribution in [0, 0.1) is 0 Å². The molecule has 0 bridgehead atoms. The minimum atomic E-state index is -3.95. The van der Waals surface area contributed by atoms with Crippen LogP contribution in [0.1, 0.15) is 30.5 Å². The fourth-order valence-corrected chi connectivity index (χ4v) is 4.89. The van der Waals surface area contributed by atoms with Gasteiger partial charge in [-0.1, -0.05) is 55.8 Å². The van der Waals surface area contributed by atoms with E-state index in [1.54, 1.807) is 30.3 Å². The van der Waals surface area contributed by atoms with Crippen LogP contribution in [-0.4, -0.2) is 30.2 Å². The SMILES string of the molecule is CCc1cccc(CC)c1NC(=O)CN(Cc1ccc(Cl)cc1)S(=O)(=O)c1cccnc1. The number of para-hydroxylation sites is 1. The predicted molar refractivity (Wildman–Crippen MR) is 127 cm³/mol. The third-order valence-corrected chi connectivity index (χ3v) is 7.15. The van der Waals surface area contributed by atoms with Gasteiger partial charge in [0.2, 0.25) is 15.9 Å². The third kappa shape index (κ3) is 5.73. The highest BCUT2D eigenvalue weighted by molar-refractivity contribution is 7.89. The molecule has 0 unspecified atom stereocenters. The first-order chi connectivity index (χ1) is 15.3. The zero-order valence-corrected chi connectivity index (χ0v) is 19.7. The maximum atomic E-state index is 13.3. The Morgan fingerprint density at radius 3 is 2.22 bits per heavy atom. The quantitative estimate of drug-likeness (QED) is 0.491. The van der Waals surface area contributed by atoms with E-state index >= 15 is 0 Å². The number of aryl methyl sites for hydroxylation is 2. The van der Waals surface area contributed by atoms with Crippen LogP contribution < -0.4 is 5.32 Å². The zero-order chi connectivity index (χ0) is 23.1. The summed E-state index contributed by atoms with van der Waals surface area (Å²) in [6.07, 6.45) is 4.30. The summed E-state index contributed by atoms with van der Waals surface area (Å²) < 4.78 is 27.8. The average molecular weight is 472 g/mol. The lowest BCUT2D eigenvalue weighted by Crippen LogP contribution is -2.37. The Morgan fingerprint density at radius 2 is 1.66 bits per heavy atom. The lowest BCUT2D eigenvalue weighted by Gasteiger charge is -2.23. The summed E-state index contributed by atoms with van der Waals surface area (Å²) in [4.78, 5) is 17.0. The van der Waals surface area contributed by atoms with Crippen molar-refractivity contribution in [1.82, 2.24) is 9.29 Å². The number of nitrogens with zero attached hydrogens (tertiary/aromatic N) is 2. The second kappa shape index (κ2) is 10.7. The van der Waals surface area contributed by atoms with Crippen molar-refractivity contribution in [2.45, 2.75) is 38.1 Å². The maximum Gasteiger partial charge on any atom is 0.245 e. The molecule has 1 heterocycles. The summed E-state index contributed by atoms with van der Waals surface area (Å²) in [5, 5.41) is 3.50. The van der Waals surface area contributed by atoms with Crippen LogP contribution in [0.15, 0.2) is 71.9 Å². The Balaban J connectivity index is 1.90. The van der Waals surface area contributed by atoms with E-state index in [-0.39, 0.29) is 18.0 Å². The largest absolute Gasteiger partial charge is 0.324 e. The number of sulfonamides is 1. The molecule has 1 aromatic heterocycles. The van der Waals surface area contributed by atoms with Gasteiger partial charge >= 0.3 is 0 Å². The van der Waals surface area contributed by atoms with Crippen molar-refractivity contribution >= 4 is 33.2 Å². The van der Waals surface area contributed by atoms with Gasteiger partial charge in [-0.05, 0) is 53.8 Å². The molecule has 0 aliphatic heterocycles. The Labute approximate surface area is 194 Å². The van der Waals surface area contributed by atoms with Crippen LogP contribution in [-0.2, 0) is 34.2 Å². The number of amides is 1. The molecule has 168 valence electrons. The molecular weight excluding hydrogens is 446 g/mol. The van der Waals surface area contributed by atoms with E-state index in [2.05, 4.69) is 10.3 Å². The van der Waals surface area contributed by atoms with Gasteiger partial charge in [0, 0.05) is 29.6 Å². The molecule has 3 aromatic rings. The third-order valence-electron chi connectivity index (χ3n) is 5.13. The molecule has 0 fully saturated rings. The number of hydrogen-bond donors (Lipinski definition) is 1. The second-order valence-electron chi connectivity index (χ2n) is 7.29. The molecular formula is C24H26ClN3O3S. The summed E-state index contributed by atoms with van der Waals surface area (Å²) >= 11 is 5.96. The number of pyridine rings is 1. The van der Waals surface area contributed by atoms with E-state index < -0.39 is 15.9 Å². The Kier molecular flexibility index (Phi) is 8.01. The number of nitrogens with one attached hydrogen (secondary N) is 1. The monoisotopic (exact) mass is 471 g/mol. The highest BCUT2D eigenvalue weighted by Crippen LogP contribution is 2.24. The van der Waals surface area contributed by atoms with E-state index in [9.17, 15) is 13.2 Å². The number of anilines is 1. The van der Waals surface area contributed by atoms with Crippen molar-refractivity contribution in [2.24, 2.45) is 0 Å². The molecule has 6 nitrogen and oxygen atoms in total. The molecule has 0 aliphatic rings. The molecule has 0 saturated heterocycles. The van der Waals surface area contributed by atoms with Crippen molar-refractivity contribution in [3.63, 3.8) is 0 Å². The molecule has 2 aromatic carbocycles. The number of halogens is 1. The van der Waals surface area contributed by atoms with Crippen molar-refractivity contribution in [1.29, 1.82) is 0 Å². The average Bonchev–Trinajstić information content (AvgIpc) is 2.80. The van der Waals surface area contributed by atoms with E-state index in [4.69, 9.17) is 11.6 Å². The van der Waals surface area contributed by atoms with E-state index in [1.807, 2.05) is 32.0 Å². The zero-order valence-electron chi connectivity index (χ0n) is 18.1. The number of carbonyl (C=O) groups is 1. The highest BCUT2D eigenvalue weighted by Gasteiger charge is 2.27. The van der Waals surface area contributed by atoms with E-state index in [1.165, 1.54) is 18.5 Å². The lowest BCUT2D eigenvalue weighted by molar-refractivity contribution is -0.116. The summed E-state index contributed by atoms with van der Waals surface area (Å²) in [5.74, 6) is -0.401. The topological polar surface area (TPSA) is 79.4 Å². The van der Waals surface area contributed by atoms with Crippen LogP contribution in [0.5, 0.6) is 0 Å². The predicted octanol–water partition coefficient (Wildman–Crippen LogP) is 4.69. The van der Waals surface area contributed by atoms with Crippen molar-refractivity contribution in [2.75, 3.05) is 11.9 Å². The summed E-state index contributed by atoms with van der Waals surface area (Å²) in [6, 6.07) is 15.8. The molecule has 0 saturated carbocycles. The lowest BCUT2D eigenvalue weighted by atomic mass is 10.0. The summed E-state index contributed by atoms with van der Waals surface area (Å²) in [5.41, 5.74) is 3.50. The molecule has 0 aliphatic carbocycles. The minimum absolute atomic E-state index is 0.0257. The smallest absolute Gasteiger partial charge is 0.245 e. The van der Waals surface area contributed by atoms with E-state index in [0.29, 0.717) is 5.02 Å². The first kappa shape index (κ1) is 23.9. The first-order valence-electron chi connectivity index (χ1n) is 10.4. The van der Waals surface area contributed by atoms with Gasteiger partial charge in [0.15, 0.2) is 0 Å². The molecule has 3 rings (SSSR count). The Morgan fingerprint density at radius 1 is 1.00 bits per heavy atom. The normalized spacial score (nSPS) is 11.5. The van der Waals surface area contributed by atoms with Crippen molar-refractivity contribution < 1.29 is 13.2 Å². The molecule has 1 amide bonds. The van der Waals surface area contributed by atoms with Crippen LogP contribution in [0.2, 0.25) is 5.02 Å². The Bertz CT molecular complexity index is 1140. The number of carbonyl (C=O) groups excluding carboxylic acids is 1. The molecule has 32 heavy (non-hydrogen) atoms. The van der Waals surface area contributed by atoms with Gasteiger partial charge in [0.1, 0.15) is 4.90 Å². The molecule has 0 atom stereocenters. The standard InChI is InChI=1S/C24H26ClN3O3S/c1-3-19-7-5-8-20(4-2)24(19)27-23(29)17-28(16-18-10-12-21(25)13-11-18)32(30,31)22-9-6-14-26-15-22/h5-15H,3-4,16-17H2,1-2H3,(H,27,29). The van der Waals surface area contributed by atoms with Crippen LogP contribution >= 0.6 is 11.6 Å². The molecule has 0 spiro atoms. The van der Waals surface area contributed by atoms with E-state index in [0.717, 1.165) is 39.5 Å². The fraction of sp³-hybridized carbons (Fsp3) is 0.250. The first-order valence-corrected chi connectivity index (χ1v) is 12.2. The van der Waals surface area contributed by atoms with Gasteiger partial charge in [0.05, 0.1) is 6.54 Å². The molecule has 1 N–H and O–H groups in total. The molecule has 0 radical (unpaired) electrons. The second-order valence-corrected chi connectivity index (χ2v) is 9.67. The van der Waals surface area contributed by atoms with Gasteiger partial charge in [-0.15, -0.1) is 0 Å². The van der Waals surface area contributed by atoms with Crippen LogP contribution in [0.3, 0.4) is 0 Å². The maximum absolute atomic E-state index is 13.3.